The molecule has 1 aromatic heterocycles. The van der Waals surface area contributed by atoms with Gasteiger partial charge < -0.3 is 14.6 Å². The smallest absolute Gasteiger partial charge is 0.328 e. The fourth-order valence-corrected chi connectivity index (χ4v) is 4.25. The van der Waals surface area contributed by atoms with Crippen LogP contribution in [0.5, 0.6) is 0 Å². The van der Waals surface area contributed by atoms with Gasteiger partial charge in [0, 0.05) is 18.2 Å². The summed E-state index contributed by atoms with van der Waals surface area (Å²) < 4.78 is 7.49. The number of carbonyl (C=O) groups excluding carboxylic acids is 3. The number of amides is 2. The lowest BCUT2D eigenvalue weighted by Gasteiger charge is -2.15. The number of nitrogens with zero attached hydrogens (tertiary/aromatic N) is 2. The number of hydrogen-bond donors (Lipinski definition) is 1. The van der Waals surface area contributed by atoms with Gasteiger partial charge in [-0.2, -0.15) is 4.99 Å². The zero-order chi connectivity index (χ0) is 21.8. The van der Waals surface area contributed by atoms with Crippen LogP contribution in [0.1, 0.15) is 42.2 Å². The molecule has 3 rings (SSSR count). The van der Waals surface area contributed by atoms with E-state index in [2.05, 4.69) is 10.3 Å². The number of thiazole rings is 1. The van der Waals surface area contributed by atoms with E-state index in [1.165, 1.54) is 25.4 Å². The average Bonchev–Trinajstić information content (AvgIpc) is 3.05. The number of methoxy groups -OCH3 is 1. The van der Waals surface area contributed by atoms with Gasteiger partial charge in [0.25, 0.3) is 5.91 Å². The van der Waals surface area contributed by atoms with E-state index < -0.39 is 17.9 Å². The Hall–Kier alpha value is -3.26. The number of rotatable bonds is 5. The molecule has 0 radical (unpaired) electrons. The predicted octanol–water partition coefficient (Wildman–Crippen LogP) is 3.83. The first kappa shape index (κ1) is 21.4. The van der Waals surface area contributed by atoms with Crippen molar-refractivity contribution in [3.05, 3.63) is 58.4 Å². The second kappa shape index (κ2) is 9.04. The van der Waals surface area contributed by atoms with Gasteiger partial charge in [-0.05, 0) is 43.7 Å². The molecule has 0 fully saturated rings. The molecule has 0 bridgehead atoms. The number of nitrogens with one attached hydrogen (secondary N) is 1. The number of anilines is 1. The summed E-state index contributed by atoms with van der Waals surface area (Å²) in [7, 11) is 1.34. The van der Waals surface area contributed by atoms with Gasteiger partial charge in [-0.1, -0.05) is 36.0 Å². The molecule has 0 spiro atoms. The first-order chi connectivity index (χ1) is 14.3. The third-order valence-electron chi connectivity index (χ3n) is 4.61. The van der Waals surface area contributed by atoms with Crippen LogP contribution in [0.25, 0.3) is 10.2 Å². The molecule has 2 amide bonds. The van der Waals surface area contributed by atoms with Gasteiger partial charge in [0.2, 0.25) is 5.91 Å². The van der Waals surface area contributed by atoms with Gasteiger partial charge >= 0.3 is 5.97 Å². The van der Waals surface area contributed by atoms with Crippen LogP contribution in [-0.2, 0) is 14.3 Å². The Kier molecular flexibility index (Phi) is 6.47. The highest BCUT2D eigenvalue weighted by atomic mass is 32.1. The summed E-state index contributed by atoms with van der Waals surface area (Å²) in [5.41, 5.74) is 2.88. The molecule has 0 saturated heterocycles. The Morgan fingerprint density at radius 3 is 2.47 bits per heavy atom. The molecule has 30 heavy (non-hydrogen) atoms. The fourth-order valence-electron chi connectivity index (χ4n) is 3.14. The van der Waals surface area contributed by atoms with Gasteiger partial charge in [0.15, 0.2) is 4.80 Å². The lowest BCUT2D eigenvalue weighted by molar-refractivity contribution is -0.144. The number of esters is 1. The molecule has 1 atom stereocenters. The van der Waals surface area contributed by atoms with Crippen LogP contribution in [0.15, 0.2) is 47.5 Å². The van der Waals surface area contributed by atoms with Crippen LogP contribution in [0.4, 0.5) is 5.69 Å². The van der Waals surface area contributed by atoms with Crippen molar-refractivity contribution in [3.63, 3.8) is 0 Å². The maximum Gasteiger partial charge on any atom is 0.328 e. The van der Waals surface area contributed by atoms with E-state index in [4.69, 9.17) is 4.74 Å². The monoisotopic (exact) mass is 425 g/mol. The molecule has 1 unspecified atom stereocenters. The molecule has 156 valence electrons. The third-order valence-corrected chi connectivity index (χ3v) is 5.63. The highest BCUT2D eigenvalue weighted by Crippen LogP contribution is 2.26. The van der Waals surface area contributed by atoms with E-state index in [1.807, 2.05) is 26.0 Å². The Balaban J connectivity index is 2.20. The maximum absolute atomic E-state index is 12.8. The summed E-state index contributed by atoms with van der Waals surface area (Å²) in [5.74, 6) is -0.983. The Bertz CT molecular complexity index is 1180. The summed E-state index contributed by atoms with van der Waals surface area (Å²) in [6, 6.07) is 11.9. The molecule has 7 nitrogen and oxygen atoms in total. The van der Waals surface area contributed by atoms with E-state index in [0.717, 1.165) is 15.8 Å². The number of hydrogen-bond acceptors (Lipinski definition) is 5. The predicted molar refractivity (Wildman–Crippen MR) is 117 cm³/mol. The van der Waals surface area contributed by atoms with Gasteiger partial charge in [-0.3, -0.25) is 9.59 Å². The molecule has 3 aromatic rings. The van der Waals surface area contributed by atoms with Crippen molar-refractivity contribution in [3.8, 4) is 0 Å². The molecule has 8 heteroatoms. The largest absolute Gasteiger partial charge is 0.467 e. The maximum atomic E-state index is 12.8. The van der Waals surface area contributed by atoms with Crippen LogP contribution < -0.4 is 10.1 Å². The Morgan fingerprint density at radius 1 is 1.17 bits per heavy atom. The SMILES string of the molecule is CCC(C(=O)OC)n1/c(=N/C(=O)c2ccc(C)cc2)sc2cc(NC(C)=O)ccc21. The van der Waals surface area contributed by atoms with E-state index in [-0.39, 0.29) is 5.91 Å². The van der Waals surface area contributed by atoms with Crippen LogP contribution in [0.2, 0.25) is 0 Å². The van der Waals surface area contributed by atoms with Gasteiger partial charge in [-0.15, -0.1) is 0 Å². The molecular weight excluding hydrogens is 402 g/mol. The summed E-state index contributed by atoms with van der Waals surface area (Å²) in [4.78, 5) is 41.3. The molecular formula is C22H23N3O4S. The lowest BCUT2D eigenvalue weighted by atomic mass is 10.1. The van der Waals surface area contributed by atoms with Gasteiger partial charge in [0.1, 0.15) is 6.04 Å². The average molecular weight is 426 g/mol. The van der Waals surface area contributed by atoms with Crippen molar-refractivity contribution in [2.24, 2.45) is 4.99 Å². The highest BCUT2D eigenvalue weighted by molar-refractivity contribution is 7.16. The summed E-state index contributed by atoms with van der Waals surface area (Å²) in [6.07, 6.45) is 0.470. The van der Waals surface area contributed by atoms with E-state index >= 15 is 0 Å². The van der Waals surface area contributed by atoms with Crippen LogP contribution in [0.3, 0.4) is 0 Å². The quantitative estimate of drug-likeness (QED) is 0.629. The fraction of sp³-hybridized carbons (Fsp3) is 0.273. The van der Waals surface area contributed by atoms with Crippen molar-refractivity contribution >= 4 is 45.0 Å². The Morgan fingerprint density at radius 2 is 1.87 bits per heavy atom. The standard InChI is InChI=1S/C22H23N3O4S/c1-5-17(21(28)29-4)25-18-11-10-16(23-14(3)26)12-19(18)30-22(25)24-20(27)15-8-6-13(2)7-9-15/h6-12,17H,5H2,1-4H3,(H,23,26)/b24-22-. The Labute approximate surface area is 178 Å². The summed E-state index contributed by atoms with van der Waals surface area (Å²) >= 11 is 1.28. The minimum atomic E-state index is -0.625. The van der Waals surface area contributed by atoms with Crippen molar-refractivity contribution in [1.82, 2.24) is 4.57 Å². The zero-order valence-electron chi connectivity index (χ0n) is 17.3. The third kappa shape index (κ3) is 4.49. The first-order valence-electron chi connectivity index (χ1n) is 9.50. The second-order valence-electron chi connectivity index (χ2n) is 6.85. The number of carbonyl (C=O) groups is 3. The van der Waals surface area contributed by atoms with E-state index in [9.17, 15) is 14.4 Å². The molecule has 0 aliphatic carbocycles. The molecule has 2 aromatic carbocycles. The highest BCUT2D eigenvalue weighted by Gasteiger charge is 2.23. The van der Waals surface area contributed by atoms with Crippen molar-refractivity contribution in [2.75, 3.05) is 12.4 Å². The number of benzene rings is 2. The number of fused-ring (bicyclic) bond motifs is 1. The zero-order valence-corrected chi connectivity index (χ0v) is 18.1. The van der Waals surface area contributed by atoms with Crippen molar-refractivity contribution < 1.29 is 19.1 Å². The number of aromatic nitrogens is 1. The lowest BCUT2D eigenvalue weighted by Crippen LogP contribution is -2.28. The van der Waals surface area contributed by atoms with Gasteiger partial charge in [-0.25, -0.2) is 4.79 Å². The second-order valence-corrected chi connectivity index (χ2v) is 7.86. The topological polar surface area (TPSA) is 89.8 Å². The summed E-state index contributed by atoms with van der Waals surface area (Å²) in [5, 5.41) is 2.74. The molecule has 0 aliphatic rings. The number of ether oxygens (including phenoxy) is 1. The van der Waals surface area contributed by atoms with Crippen LogP contribution in [0, 0.1) is 6.92 Å². The van der Waals surface area contributed by atoms with Gasteiger partial charge in [0.05, 0.1) is 17.3 Å². The van der Waals surface area contributed by atoms with E-state index in [0.29, 0.717) is 22.5 Å². The normalized spacial score (nSPS) is 12.6. The summed E-state index contributed by atoms with van der Waals surface area (Å²) in [6.45, 7) is 5.25. The molecule has 0 saturated carbocycles. The molecule has 1 heterocycles. The van der Waals surface area contributed by atoms with Crippen molar-refractivity contribution in [1.29, 1.82) is 0 Å². The minimum Gasteiger partial charge on any atom is -0.467 e. The minimum absolute atomic E-state index is 0.181. The van der Waals surface area contributed by atoms with Crippen molar-refractivity contribution in [2.45, 2.75) is 33.2 Å². The van der Waals surface area contributed by atoms with Crippen LogP contribution in [-0.4, -0.2) is 29.5 Å². The molecule has 1 N–H and O–H groups in total. The first-order valence-corrected chi connectivity index (χ1v) is 10.3. The number of aryl methyl sites for hydroxylation is 1. The van der Waals surface area contributed by atoms with Crippen LogP contribution >= 0.6 is 11.3 Å². The molecule has 0 aliphatic heterocycles. The van der Waals surface area contributed by atoms with E-state index in [1.54, 1.807) is 34.9 Å².